The van der Waals surface area contributed by atoms with E-state index in [2.05, 4.69) is 19.2 Å². The molecule has 0 aliphatic heterocycles. The van der Waals surface area contributed by atoms with Crippen molar-refractivity contribution in [3.63, 3.8) is 0 Å². The molecule has 2 N–H and O–H groups in total. The van der Waals surface area contributed by atoms with Crippen molar-refractivity contribution in [1.29, 1.82) is 0 Å². The molecule has 104 valence electrons. The van der Waals surface area contributed by atoms with Crippen molar-refractivity contribution in [3.05, 3.63) is 18.1 Å². The summed E-state index contributed by atoms with van der Waals surface area (Å²) in [5.74, 6) is 2.11. The van der Waals surface area contributed by atoms with E-state index in [0.717, 1.165) is 37.3 Å². The van der Waals surface area contributed by atoms with E-state index in [-0.39, 0.29) is 12.1 Å². The van der Waals surface area contributed by atoms with Gasteiger partial charge in [-0.15, -0.1) is 11.8 Å². The van der Waals surface area contributed by atoms with Gasteiger partial charge in [-0.05, 0) is 45.1 Å². The van der Waals surface area contributed by atoms with Gasteiger partial charge >= 0.3 is 0 Å². The van der Waals surface area contributed by atoms with E-state index in [9.17, 15) is 5.11 Å². The zero-order chi connectivity index (χ0) is 13.4. The third-order valence-corrected chi connectivity index (χ3v) is 4.37. The Labute approximate surface area is 114 Å². The molecule has 1 aromatic rings. The number of thioether (sulfide) groups is 1. The average molecular weight is 271 g/mol. The molecule has 1 unspecified atom stereocenters. The third kappa shape index (κ3) is 5.04. The highest BCUT2D eigenvalue weighted by Gasteiger charge is 2.20. The second-order valence-corrected chi connectivity index (χ2v) is 6.03. The molecule has 4 heteroatoms. The molecule has 0 radical (unpaired) electrons. The number of aliphatic hydroxyl groups is 1. The van der Waals surface area contributed by atoms with Crippen LogP contribution >= 0.6 is 11.8 Å². The first-order chi connectivity index (χ1) is 8.61. The number of hydrogen-bond acceptors (Lipinski definition) is 4. The highest BCUT2D eigenvalue weighted by atomic mass is 32.2. The zero-order valence-electron chi connectivity index (χ0n) is 11.7. The minimum absolute atomic E-state index is 0.120. The van der Waals surface area contributed by atoms with E-state index in [1.165, 1.54) is 4.90 Å². The van der Waals surface area contributed by atoms with Crippen LogP contribution in [0.4, 0.5) is 0 Å². The van der Waals surface area contributed by atoms with Crippen LogP contribution in [0, 0.1) is 6.92 Å². The van der Waals surface area contributed by atoms with Gasteiger partial charge in [-0.1, -0.05) is 13.3 Å². The quantitative estimate of drug-likeness (QED) is 0.535. The van der Waals surface area contributed by atoms with Crippen molar-refractivity contribution in [2.45, 2.75) is 50.5 Å². The molecule has 18 heavy (non-hydrogen) atoms. The lowest BCUT2D eigenvalue weighted by atomic mass is 9.96. The van der Waals surface area contributed by atoms with E-state index in [4.69, 9.17) is 4.42 Å². The fourth-order valence-corrected chi connectivity index (χ4v) is 2.94. The molecule has 0 saturated heterocycles. The number of likely N-dealkylation sites (N-methyl/N-ethyl adjacent to an activating group) is 1. The molecule has 3 nitrogen and oxygen atoms in total. The fraction of sp³-hybridized carbons (Fsp3) is 0.714. The molecule has 0 spiro atoms. The molecular formula is C14H25NO2S. The average Bonchev–Trinajstić information content (AvgIpc) is 2.75. The largest absolute Gasteiger partial charge is 0.468 e. The van der Waals surface area contributed by atoms with Crippen molar-refractivity contribution in [3.8, 4) is 0 Å². The first kappa shape index (κ1) is 15.6. The Morgan fingerprint density at radius 3 is 2.78 bits per heavy atom. The Morgan fingerprint density at radius 2 is 2.22 bits per heavy atom. The van der Waals surface area contributed by atoms with Gasteiger partial charge in [0.1, 0.15) is 5.76 Å². The van der Waals surface area contributed by atoms with Gasteiger partial charge < -0.3 is 14.8 Å². The molecule has 0 amide bonds. The van der Waals surface area contributed by atoms with Crippen LogP contribution < -0.4 is 5.32 Å². The van der Waals surface area contributed by atoms with Crippen LogP contribution in [0.1, 0.15) is 38.9 Å². The van der Waals surface area contributed by atoms with E-state index in [1.54, 1.807) is 6.26 Å². The highest BCUT2D eigenvalue weighted by Crippen LogP contribution is 2.24. The summed E-state index contributed by atoms with van der Waals surface area (Å²) in [4.78, 5) is 1.24. The molecular weight excluding hydrogens is 246 g/mol. The van der Waals surface area contributed by atoms with Gasteiger partial charge in [0.15, 0.2) is 0 Å². The number of rotatable bonds is 9. The summed E-state index contributed by atoms with van der Waals surface area (Å²) in [6.07, 6.45) is 5.05. The van der Waals surface area contributed by atoms with Crippen molar-refractivity contribution in [2.24, 2.45) is 0 Å². The van der Waals surface area contributed by atoms with Crippen LogP contribution in [0.25, 0.3) is 0 Å². The van der Waals surface area contributed by atoms with Crippen molar-refractivity contribution < 1.29 is 9.52 Å². The van der Waals surface area contributed by atoms with Gasteiger partial charge in [0.25, 0.3) is 0 Å². The van der Waals surface area contributed by atoms with Crippen LogP contribution in [-0.4, -0.2) is 29.5 Å². The fourth-order valence-electron chi connectivity index (χ4n) is 1.97. The molecule has 0 aromatic carbocycles. The number of aryl methyl sites for hydroxylation is 1. The number of unbranched alkanes of at least 4 members (excludes halogenated alkanes) is 1. The zero-order valence-corrected chi connectivity index (χ0v) is 12.5. The molecule has 1 aromatic heterocycles. The summed E-state index contributed by atoms with van der Waals surface area (Å²) in [5, 5.41) is 12.7. The van der Waals surface area contributed by atoms with Crippen molar-refractivity contribution >= 4 is 11.8 Å². The molecule has 0 bridgehead atoms. The SMILES string of the molecule is CCNC(C)(CO)CCCCSc1ccoc1C. The molecule has 0 aliphatic carbocycles. The van der Waals surface area contributed by atoms with E-state index in [0.29, 0.717) is 0 Å². The van der Waals surface area contributed by atoms with Gasteiger partial charge in [-0.25, -0.2) is 0 Å². The van der Waals surface area contributed by atoms with Crippen LogP contribution in [0.5, 0.6) is 0 Å². The maximum Gasteiger partial charge on any atom is 0.114 e. The number of nitrogens with one attached hydrogen (secondary N) is 1. The highest BCUT2D eigenvalue weighted by molar-refractivity contribution is 7.99. The smallest absolute Gasteiger partial charge is 0.114 e. The Bertz CT molecular complexity index is 340. The predicted octanol–water partition coefficient (Wildman–Crippen LogP) is 3.21. The standard InChI is InChI=1S/C14H25NO2S/c1-4-15-14(3,11-16)8-5-6-10-18-13-7-9-17-12(13)2/h7,9,15-16H,4-6,8,10-11H2,1-3H3. The molecule has 0 saturated carbocycles. The molecule has 0 fully saturated rings. The normalized spacial score (nSPS) is 14.7. The first-order valence-corrected chi connectivity index (χ1v) is 7.62. The topological polar surface area (TPSA) is 45.4 Å². The lowest BCUT2D eigenvalue weighted by Crippen LogP contribution is -2.45. The summed E-state index contributed by atoms with van der Waals surface area (Å²) in [5.41, 5.74) is -0.120. The van der Waals surface area contributed by atoms with Gasteiger partial charge in [0.05, 0.1) is 12.9 Å². The molecule has 1 rings (SSSR count). The van der Waals surface area contributed by atoms with Crippen LogP contribution in [-0.2, 0) is 0 Å². The summed E-state index contributed by atoms with van der Waals surface area (Å²) in [7, 11) is 0. The Balaban J connectivity index is 2.16. The number of aliphatic hydroxyl groups excluding tert-OH is 1. The Hall–Kier alpha value is -0.450. The second-order valence-electron chi connectivity index (χ2n) is 4.90. The van der Waals surface area contributed by atoms with Gasteiger partial charge in [0.2, 0.25) is 0 Å². The maximum absolute atomic E-state index is 9.38. The van der Waals surface area contributed by atoms with Gasteiger partial charge in [-0.2, -0.15) is 0 Å². The summed E-state index contributed by atoms with van der Waals surface area (Å²) >= 11 is 1.85. The maximum atomic E-state index is 9.38. The molecule has 0 aliphatic rings. The van der Waals surface area contributed by atoms with Crippen molar-refractivity contribution in [1.82, 2.24) is 5.32 Å². The third-order valence-electron chi connectivity index (χ3n) is 3.14. The van der Waals surface area contributed by atoms with Crippen LogP contribution in [0.15, 0.2) is 21.6 Å². The van der Waals surface area contributed by atoms with Gasteiger partial charge in [0, 0.05) is 10.4 Å². The van der Waals surface area contributed by atoms with E-state index >= 15 is 0 Å². The van der Waals surface area contributed by atoms with Gasteiger partial charge in [-0.3, -0.25) is 0 Å². The first-order valence-electron chi connectivity index (χ1n) is 6.64. The Kier molecular flexibility index (Phi) is 6.82. The lowest BCUT2D eigenvalue weighted by Gasteiger charge is -2.28. The number of hydrogen-bond donors (Lipinski definition) is 2. The molecule has 1 atom stereocenters. The Morgan fingerprint density at radius 1 is 1.44 bits per heavy atom. The van der Waals surface area contributed by atoms with E-state index in [1.807, 2.05) is 24.8 Å². The minimum atomic E-state index is -0.120. The summed E-state index contributed by atoms with van der Waals surface area (Å²) in [6, 6.07) is 2.02. The predicted molar refractivity (Wildman–Crippen MR) is 77.2 cm³/mol. The summed E-state index contributed by atoms with van der Waals surface area (Å²) in [6.45, 7) is 7.26. The van der Waals surface area contributed by atoms with Crippen molar-refractivity contribution in [2.75, 3.05) is 18.9 Å². The van der Waals surface area contributed by atoms with Crippen LogP contribution in [0.3, 0.4) is 0 Å². The van der Waals surface area contributed by atoms with Crippen LogP contribution in [0.2, 0.25) is 0 Å². The monoisotopic (exact) mass is 271 g/mol. The minimum Gasteiger partial charge on any atom is -0.468 e. The summed E-state index contributed by atoms with van der Waals surface area (Å²) < 4.78 is 5.26. The lowest BCUT2D eigenvalue weighted by molar-refractivity contribution is 0.165. The van der Waals surface area contributed by atoms with E-state index < -0.39 is 0 Å². The second kappa shape index (κ2) is 7.87. The number of furan rings is 1. The molecule has 1 heterocycles.